The summed E-state index contributed by atoms with van der Waals surface area (Å²) < 4.78 is 3.67. The van der Waals surface area contributed by atoms with Crippen molar-refractivity contribution in [1.29, 1.82) is 0 Å². The van der Waals surface area contributed by atoms with Crippen molar-refractivity contribution >= 4 is 12.1 Å². The first-order chi connectivity index (χ1) is 4.00. The Morgan fingerprint density at radius 2 is 1.40 bits per heavy atom. The van der Waals surface area contributed by atoms with E-state index in [0.29, 0.717) is 0 Å². The van der Waals surface area contributed by atoms with Gasteiger partial charge in [0, 0.05) is 39.6 Å². The van der Waals surface area contributed by atoms with E-state index in [1.54, 1.807) is 0 Å². The monoisotopic (exact) mass is 225 g/mol. The first-order valence-electron chi connectivity index (χ1n) is 1.97. The predicted octanol–water partition coefficient (Wildman–Crippen LogP) is 0.399. The van der Waals surface area contributed by atoms with Gasteiger partial charge in [0.25, 0.3) is 5.97 Å². The van der Waals surface area contributed by atoms with E-state index in [2.05, 4.69) is 4.74 Å². The Bertz CT molecular complexity index is 97.8. The number of carboxylic acid groups (broad SMARTS) is 2. The van der Waals surface area contributed by atoms with Crippen molar-refractivity contribution in [3.05, 3.63) is 0 Å². The topological polar surface area (TPSA) is 83.8 Å². The van der Waals surface area contributed by atoms with Crippen LogP contribution in [0.3, 0.4) is 0 Å². The summed E-state index contributed by atoms with van der Waals surface area (Å²) in [6.07, 6.45) is -1.25. The van der Waals surface area contributed by atoms with Gasteiger partial charge in [-0.3, -0.25) is 4.79 Å². The number of rotatable bonds is 0. The minimum atomic E-state index is -1.25. The number of carboxylic acids is 1. The molecule has 0 amide bonds. The molecule has 0 unspecified atom stereocenters. The average molecular weight is 225 g/mol. The van der Waals surface area contributed by atoms with Crippen LogP contribution in [0, 0.1) is 0 Å². The van der Waals surface area contributed by atoms with E-state index >= 15 is 0 Å². The maximum atomic E-state index is 9.15. The van der Waals surface area contributed by atoms with Crippen LogP contribution in [0.4, 0.5) is 4.79 Å². The van der Waals surface area contributed by atoms with Gasteiger partial charge in [-0.2, -0.15) is 0 Å². The number of aliphatic carboxylic acids is 1. The van der Waals surface area contributed by atoms with Gasteiger partial charge in [-0.25, -0.2) is 4.79 Å². The molecule has 6 heteroatoms. The van der Waals surface area contributed by atoms with Crippen LogP contribution < -0.4 is 0 Å². The third-order valence-corrected chi connectivity index (χ3v) is 0.175. The van der Waals surface area contributed by atoms with Gasteiger partial charge < -0.3 is 14.9 Å². The summed E-state index contributed by atoms with van der Waals surface area (Å²) in [7, 11) is 1.10. The Morgan fingerprint density at radius 3 is 1.40 bits per heavy atom. The molecule has 0 aromatic heterocycles. The molecule has 0 rings (SSSR count). The Balaban J connectivity index is -0.0000000910. The molecule has 0 fully saturated rings. The van der Waals surface area contributed by atoms with Crippen molar-refractivity contribution in [2.75, 3.05) is 7.11 Å². The van der Waals surface area contributed by atoms with Crippen LogP contribution in [0.15, 0.2) is 0 Å². The summed E-state index contributed by atoms with van der Waals surface area (Å²) in [5.74, 6) is -0.833. The zero-order chi connectivity index (χ0) is 7.86. The summed E-state index contributed by atoms with van der Waals surface area (Å²) in [4.78, 5) is 18.1. The normalized spacial score (nSPS) is 5.80. The zero-order valence-electron chi connectivity index (χ0n) is 5.70. The minimum absolute atomic E-state index is 0. The van der Waals surface area contributed by atoms with Crippen LogP contribution >= 0.6 is 0 Å². The molecule has 0 saturated carbocycles. The van der Waals surface area contributed by atoms with Gasteiger partial charge >= 0.3 is 6.16 Å². The number of hydrogen-bond acceptors (Lipinski definition) is 3. The third kappa shape index (κ3) is 108. The molecule has 0 aliphatic rings. The van der Waals surface area contributed by atoms with Crippen molar-refractivity contribution in [1.82, 2.24) is 0 Å². The molecule has 0 spiro atoms. The summed E-state index contributed by atoms with van der Waals surface area (Å²) in [6, 6.07) is 0. The van der Waals surface area contributed by atoms with E-state index in [4.69, 9.17) is 19.8 Å². The number of ether oxygens (including phenoxy) is 1. The number of carbonyl (C=O) groups is 2. The maximum absolute atomic E-state index is 9.15. The molecule has 0 aliphatic carbocycles. The largest absolute Gasteiger partial charge is 0.505 e. The molecule has 0 atom stereocenters. The molecule has 0 aromatic rings. The first kappa shape index (κ1) is 16.4. The molecule has 0 aromatic carbocycles. The zero-order valence-corrected chi connectivity index (χ0v) is 8.53. The van der Waals surface area contributed by atoms with Crippen molar-refractivity contribution in [3.63, 3.8) is 0 Å². The molecule has 0 bridgehead atoms. The van der Waals surface area contributed by atoms with Gasteiger partial charge in [-0.1, -0.05) is 0 Å². The average Bonchev–Trinajstić information content (AvgIpc) is 1.65. The Morgan fingerprint density at radius 1 is 1.30 bits per heavy atom. The van der Waals surface area contributed by atoms with Gasteiger partial charge in [0.15, 0.2) is 0 Å². The Hall–Kier alpha value is -0.156. The quantitative estimate of drug-likeness (QED) is 0.583. The molecule has 10 heavy (non-hydrogen) atoms. The van der Waals surface area contributed by atoms with E-state index in [0.717, 1.165) is 14.0 Å². The summed E-state index contributed by atoms with van der Waals surface area (Å²) in [6.45, 7) is 1.08. The van der Waals surface area contributed by atoms with E-state index in [9.17, 15) is 0 Å². The van der Waals surface area contributed by atoms with Gasteiger partial charge in [0.1, 0.15) is 0 Å². The van der Waals surface area contributed by atoms with Crippen LogP contribution in [-0.4, -0.2) is 29.4 Å². The van der Waals surface area contributed by atoms with Crippen LogP contribution in [0.2, 0.25) is 0 Å². The van der Waals surface area contributed by atoms with Crippen LogP contribution in [0.25, 0.3) is 0 Å². The van der Waals surface area contributed by atoms with Gasteiger partial charge in [0.05, 0.1) is 7.11 Å². The van der Waals surface area contributed by atoms with Gasteiger partial charge in [-0.05, 0) is 0 Å². The second-order valence-corrected chi connectivity index (χ2v) is 0.989. The predicted molar refractivity (Wildman–Crippen MR) is 28.3 cm³/mol. The molecule has 0 heterocycles. The molecule has 2 N–H and O–H groups in total. The molecule has 0 aliphatic heterocycles. The SMILES string of the molecule is CC(=O)O.COC(=O)O.[Y]. The van der Waals surface area contributed by atoms with Crippen molar-refractivity contribution in [2.24, 2.45) is 0 Å². The molecule has 5 nitrogen and oxygen atoms in total. The Kier molecular flexibility index (Phi) is 19.1. The molecule has 1 radical (unpaired) electrons. The Labute approximate surface area is 83.2 Å². The molecule has 57 valence electrons. The molecular weight excluding hydrogens is 217 g/mol. The summed E-state index contributed by atoms with van der Waals surface area (Å²) in [5.41, 5.74) is 0. The standard InChI is InChI=1S/C2H4O3.C2H4O2.Y/c1-5-2(3)4;1-2(3)4;/h1H3,(H,3,4);1H3,(H,3,4);. The van der Waals surface area contributed by atoms with Crippen LogP contribution in [-0.2, 0) is 42.2 Å². The van der Waals surface area contributed by atoms with Gasteiger partial charge in [0.2, 0.25) is 0 Å². The maximum Gasteiger partial charge on any atom is 0.505 e. The molecular formula is C4H8O5Y. The van der Waals surface area contributed by atoms with E-state index < -0.39 is 12.1 Å². The van der Waals surface area contributed by atoms with Crippen molar-refractivity contribution < 1.29 is 57.2 Å². The second-order valence-electron chi connectivity index (χ2n) is 0.989. The second kappa shape index (κ2) is 11.6. The van der Waals surface area contributed by atoms with Crippen molar-refractivity contribution in [2.45, 2.75) is 6.92 Å². The third-order valence-electron chi connectivity index (χ3n) is 0.175. The van der Waals surface area contributed by atoms with E-state index in [1.807, 2.05) is 0 Å². The van der Waals surface area contributed by atoms with Crippen molar-refractivity contribution in [3.8, 4) is 0 Å². The minimum Gasteiger partial charge on any atom is -0.481 e. The van der Waals surface area contributed by atoms with E-state index in [1.165, 1.54) is 0 Å². The van der Waals surface area contributed by atoms with Crippen LogP contribution in [0.5, 0.6) is 0 Å². The number of hydrogen-bond donors (Lipinski definition) is 2. The fraction of sp³-hybridized carbons (Fsp3) is 0.500. The molecule has 0 saturated heterocycles. The van der Waals surface area contributed by atoms with E-state index in [-0.39, 0.29) is 32.7 Å². The summed E-state index contributed by atoms with van der Waals surface area (Å²) in [5, 5.41) is 14.9. The fourth-order valence-corrected chi connectivity index (χ4v) is 0. The first-order valence-corrected chi connectivity index (χ1v) is 1.97. The van der Waals surface area contributed by atoms with Crippen LogP contribution in [0.1, 0.15) is 6.92 Å². The summed E-state index contributed by atoms with van der Waals surface area (Å²) >= 11 is 0. The smallest absolute Gasteiger partial charge is 0.481 e. The van der Waals surface area contributed by atoms with Gasteiger partial charge in [-0.15, -0.1) is 0 Å². The fourth-order valence-electron chi connectivity index (χ4n) is 0. The number of methoxy groups -OCH3 is 1.